The maximum Gasteiger partial charge on any atom is 0.416 e. The average Bonchev–Trinajstić information content (AvgIpc) is 2.26. The van der Waals surface area contributed by atoms with Gasteiger partial charge in [0.1, 0.15) is 6.04 Å². The lowest BCUT2D eigenvalue weighted by Crippen LogP contribution is -2.43. The van der Waals surface area contributed by atoms with Gasteiger partial charge < -0.3 is 11.5 Å². The molecule has 4 N–H and O–H groups in total. The Morgan fingerprint density at radius 2 is 1.59 bits per heavy atom. The largest absolute Gasteiger partial charge is 0.416 e. The lowest BCUT2D eigenvalue weighted by molar-refractivity contribution is -0.137. The maximum absolute atomic E-state index is 12.2. The minimum Gasteiger partial charge on any atom is -0.368 e. The summed E-state index contributed by atoms with van der Waals surface area (Å²) < 4.78 is 36.7. The van der Waals surface area contributed by atoms with E-state index in [1.807, 2.05) is 0 Å². The van der Waals surface area contributed by atoms with E-state index in [2.05, 4.69) is 0 Å². The van der Waals surface area contributed by atoms with Crippen LogP contribution in [0.4, 0.5) is 13.2 Å². The number of hydrogen-bond donors (Lipinski definition) is 2. The van der Waals surface area contributed by atoms with Crippen LogP contribution < -0.4 is 11.5 Å². The fraction of sp³-hybridized carbons (Fsp3) is 0.200. The molecule has 92 valence electrons. The van der Waals surface area contributed by atoms with Gasteiger partial charge in [-0.3, -0.25) is 9.59 Å². The lowest BCUT2D eigenvalue weighted by Gasteiger charge is -2.09. The molecule has 1 aromatic carbocycles. The second-order valence-corrected chi connectivity index (χ2v) is 3.32. The third kappa shape index (κ3) is 3.04. The predicted molar refractivity (Wildman–Crippen MR) is 52.9 cm³/mol. The number of hydrogen-bond acceptors (Lipinski definition) is 3. The van der Waals surface area contributed by atoms with Crippen molar-refractivity contribution in [2.45, 2.75) is 12.2 Å². The molecule has 0 heterocycles. The Morgan fingerprint density at radius 3 is 1.94 bits per heavy atom. The summed E-state index contributed by atoms with van der Waals surface area (Å²) >= 11 is 0. The van der Waals surface area contributed by atoms with Crippen molar-refractivity contribution >= 4 is 11.7 Å². The Bertz CT molecular complexity index is 440. The van der Waals surface area contributed by atoms with E-state index in [-0.39, 0.29) is 5.56 Å². The maximum atomic E-state index is 12.2. The summed E-state index contributed by atoms with van der Waals surface area (Å²) in [6, 6.07) is 1.83. The number of primary amides is 1. The van der Waals surface area contributed by atoms with Crippen LogP contribution in [0.2, 0.25) is 0 Å². The fourth-order valence-electron chi connectivity index (χ4n) is 1.13. The van der Waals surface area contributed by atoms with E-state index < -0.39 is 29.5 Å². The number of rotatable bonds is 3. The average molecular weight is 246 g/mol. The molecule has 0 spiro atoms. The smallest absolute Gasteiger partial charge is 0.368 e. The van der Waals surface area contributed by atoms with Crippen LogP contribution in [-0.4, -0.2) is 17.7 Å². The molecule has 0 saturated heterocycles. The number of ketones is 1. The Labute approximate surface area is 94.4 Å². The second-order valence-electron chi connectivity index (χ2n) is 3.32. The third-order valence-corrected chi connectivity index (χ3v) is 2.09. The van der Waals surface area contributed by atoms with Crippen molar-refractivity contribution in [3.05, 3.63) is 35.4 Å². The van der Waals surface area contributed by atoms with Crippen LogP contribution in [0.1, 0.15) is 15.9 Å². The normalized spacial score (nSPS) is 13.2. The Kier molecular flexibility index (Phi) is 3.52. The van der Waals surface area contributed by atoms with Crippen molar-refractivity contribution in [1.82, 2.24) is 0 Å². The number of alkyl halides is 3. The summed E-state index contributed by atoms with van der Waals surface area (Å²) in [5, 5.41) is 0. The Morgan fingerprint density at radius 1 is 1.12 bits per heavy atom. The van der Waals surface area contributed by atoms with Crippen LogP contribution >= 0.6 is 0 Å². The van der Waals surface area contributed by atoms with Gasteiger partial charge >= 0.3 is 6.18 Å². The Hall–Kier alpha value is -1.89. The molecule has 1 aromatic rings. The summed E-state index contributed by atoms with van der Waals surface area (Å²) in [4.78, 5) is 22.1. The Balaban J connectivity index is 2.96. The topological polar surface area (TPSA) is 86.2 Å². The first-order valence-electron chi connectivity index (χ1n) is 4.50. The van der Waals surface area contributed by atoms with Gasteiger partial charge in [0.2, 0.25) is 5.91 Å². The number of carbonyl (C=O) groups excluding carboxylic acids is 2. The molecule has 1 amide bonds. The van der Waals surface area contributed by atoms with Crippen molar-refractivity contribution in [2.24, 2.45) is 11.5 Å². The van der Waals surface area contributed by atoms with E-state index in [1.54, 1.807) is 0 Å². The molecule has 0 bridgehead atoms. The van der Waals surface area contributed by atoms with Gasteiger partial charge in [0.15, 0.2) is 5.78 Å². The molecule has 1 rings (SSSR count). The second kappa shape index (κ2) is 4.54. The van der Waals surface area contributed by atoms with Crippen molar-refractivity contribution in [1.29, 1.82) is 0 Å². The summed E-state index contributed by atoms with van der Waals surface area (Å²) in [5.41, 5.74) is 9.00. The van der Waals surface area contributed by atoms with Gasteiger partial charge in [-0.2, -0.15) is 13.2 Å². The lowest BCUT2D eigenvalue weighted by atomic mass is 10.0. The predicted octanol–water partition coefficient (Wildman–Crippen LogP) is 0.701. The monoisotopic (exact) mass is 246 g/mol. The summed E-state index contributed by atoms with van der Waals surface area (Å²) in [7, 11) is 0. The molecule has 17 heavy (non-hydrogen) atoms. The van der Waals surface area contributed by atoms with Gasteiger partial charge in [-0.1, -0.05) is 12.1 Å². The van der Waals surface area contributed by atoms with E-state index in [9.17, 15) is 22.8 Å². The van der Waals surface area contributed by atoms with Crippen molar-refractivity contribution in [3.8, 4) is 0 Å². The van der Waals surface area contributed by atoms with Crippen LogP contribution in [0.3, 0.4) is 0 Å². The van der Waals surface area contributed by atoms with E-state index in [1.165, 1.54) is 0 Å². The number of carbonyl (C=O) groups is 2. The fourth-order valence-corrected chi connectivity index (χ4v) is 1.13. The van der Waals surface area contributed by atoms with E-state index in [4.69, 9.17) is 11.5 Å². The van der Waals surface area contributed by atoms with Crippen molar-refractivity contribution < 1.29 is 22.8 Å². The molecule has 0 aliphatic heterocycles. The zero-order chi connectivity index (χ0) is 13.2. The highest BCUT2D eigenvalue weighted by Crippen LogP contribution is 2.29. The summed E-state index contributed by atoms with van der Waals surface area (Å²) in [6.07, 6.45) is -4.48. The highest BCUT2D eigenvalue weighted by molar-refractivity contribution is 6.12. The molecule has 1 atom stereocenters. The number of halogens is 3. The van der Waals surface area contributed by atoms with Gasteiger partial charge in [-0.15, -0.1) is 0 Å². The molecule has 4 nitrogen and oxygen atoms in total. The van der Waals surface area contributed by atoms with E-state index in [0.717, 1.165) is 24.3 Å². The van der Waals surface area contributed by atoms with Crippen LogP contribution in [0.15, 0.2) is 24.3 Å². The zero-order valence-corrected chi connectivity index (χ0v) is 8.49. The molecule has 0 fully saturated rings. The number of amides is 1. The summed E-state index contributed by atoms with van der Waals surface area (Å²) in [6.45, 7) is 0. The number of nitrogens with two attached hydrogens (primary N) is 2. The van der Waals surface area contributed by atoms with Crippen molar-refractivity contribution in [3.63, 3.8) is 0 Å². The summed E-state index contributed by atoms with van der Waals surface area (Å²) in [5.74, 6) is -1.85. The SMILES string of the molecule is NC(=O)C(N)C(=O)c1ccc(C(F)(F)F)cc1. The number of benzene rings is 1. The molecule has 7 heteroatoms. The minimum atomic E-state index is -4.48. The molecule has 0 aromatic heterocycles. The standard InChI is InChI=1S/C10H9F3N2O2/c11-10(12,13)6-3-1-5(2-4-6)8(16)7(14)9(15)17/h1-4,7H,14H2,(H2,15,17). The van der Waals surface area contributed by atoms with E-state index >= 15 is 0 Å². The molecule has 1 unspecified atom stereocenters. The highest BCUT2D eigenvalue weighted by atomic mass is 19.4. The van der Waals surface area contributed by atoms with Crippen LogP contribution in [0.5, 0.6) is 0 Å². The first-order valence-corrected chi connectivity index (χ1v) is 4.50. The van der Waals surface area contributed by atoms with Gasteiger partial charge in [-0.25, -0.2) is 0 Å². The van der Waals surface area contributed by atoms with Crippen LogP contribution in [0.25, 0.3) is 0 Å². The quantitative estimate of drug-likeness (QED) is 0.608. The van der Waals surface area contributed by atoms with E-state index in [0.29, 0.717) is 0 Å². The van der Waals surface area contributed by atoms with Gasteiger partial charge in [0.05, 0.1) is 5.56 Å². The van der Waals surface area contributed by atoms with Gasteiger partial charge in [0, 0.05) is 5.56 Å². The molecule has 0 saturated carbocycles. The molecular formula is C10H9F3N2O2. The zero-order valence-electron chi connectivity index (χ0n) is 8.49. The molecule has 0 radical (unpaired) electrons. The molecular weight excluding hydrogens is 237 g/mol. The number of Topliss-reactive ketones (excluding diaryl/α,β-unsaturated/α-hetero) is 1. The first-order chi connectivity index (χ1) is 7.73. The van der Waals surface area contributed by atoms with Crippen molar-refractivity contribution in [2.75, 3.05) is 0 Å². The first kappa shape index (κ1) is 13.2. The van der Waals surface area contributed by atoms with Gasteiger partial charge in [-0.05, 0) is 12.1 Å². The molecule has 0 aliphatic carbocycles. The minimum absolute atomic E-state index is 0.0932. The van der Waals surface area contributed by atoms with Gasteiger partial charge in [0.25, 0.3) is 0 Å². The van der Waals surface area contributed by atoms with Crippen LogP contribution in [-0.2, 0) is 11.0 Å². The van der Waals surface area contributed by atoms with Crippen LogP contribution in [0, 0.1) is 0 Å². The highest BCUT2D eigenvalue weighted by Gasteiger charge is 2.30. The third-order valence-electron chi connectivity index (χ3n) is 2.09. The molecule has 0 aliphatic rings.